The first-order valence-electron chi connectivity index (χ1n) is 15.6. The van der Waals surface area contributed by atoms with Crippen LogP contribution >= 0.6 is 0 Å². The highest BCUT2D eigenvalue weighted by atomic mass is 19.4. The van der Waals surface area contributed by atoms with E-state index in [1.165, 1.54) is 25.3 Å². The predicted octanol–water partition coefficient (Wildman–Crippen LogP) is 4.61. The number of hydrogen-bond acceptors (Lipinski definition) is 9. The van der Waals surface area contributed by atoms with E-state index >= 15 is 0 Å². The summed E-state index contributed by atoms with van der Waals surface area (Å²) in [6, 6.07) is 13.5. The second-order valence-corrected chi connectivity index (χ2v) is 11.8. The number of aromatic nitrogens is 8. The van der Waals surface area contributed by atoms with Crippen LogP contribution in [0.5, 0.6) is 11.6 Å². The number of rotatable bonds is 8. The molecule has 5 heterocycles. The number of carbonyl (C=O) groups is 1. The molecule has 0 radical (unpaired) electrons. The number of aryl methyl sites for hydroxylation is 1. The average molecular weight is 675 g/mol. The molecular formula is C33H33F3N10O3. The molecule has 1 fully saturated rings. The monoisotopic (exact) mass is 674 g/mol. The van der Waals surface area contributed by atoms with Crippen LogP contribution in [0.4, 0.5) is 13.2 Å². The smallest absolute Gasteiger partial charge is 0.449 e. The molecule has 1 unspecified atom stereocenters. The third-order valence-electron chi connectivity index (χ3n) is 8.69. The van der Waals surface area contributed by atoms with E-state index in [1.54, 1.807) is 29.9 Å². The van der Waals surface area contributed by atoms with Gasteiger partial charge in [0.2, 0.25) is 17.6 Å². The lowest BCUT2D eigenvalue weighted by Crippen LogP contribution is -2.39. The lowest BCUT2D eigenvalue weighted by Gasteiger charge is -2.29. The minimum atomic E-state index is -4.79. The molecule has 1 atom stereocenters. The van der Waals surface area contributed by atoms with Crippen LogP contribution in [-0.4, -0.2) is 89.1 Å². The molecule has 6 aromatic rings. The fourth-order valence-corrected chi connectivity index (χ4v) is 6.34. The standard InChI is InChI=1S/C33H33F3N10O3/c1-43-17-21(41-42-43)18-44-11-10-27(30-37-16-26(38-30)23-14-20-6-4-5-7-24(20)39-31(23)49-3)45(13-12-44)29(47)19-46-28-15-22(48-2)8-9-25(28)40-32(46)33(34,35)36/h4-9,14-17,27H,10-13,18-19H2,1-3H3,(H,37,38). The average Bonchev–Trinajstić information content (AvgIpc) is 3.80. The van der Waals surface area contributed by atoms with Gasteiger partial charge in [-0.25, -0.2) is 15.0 Å². The van der Waals surface area contributed by atoms with Crippen molar-refractivity contribution in [2.45, 2.75) is 31.7 Å². The summed E-state index contributed by atoms with van der Waals surface area (Å²) in [5, 5.41) is 9.13. The number of methoxy groups -OCH3 is 2. The van der Waals surface area contributed by atoms with E-state index in [4.69, 9.17) is 14.5 Å². The topological polar surface area (TPSA) is 132 Å². The number of pyridine rings is 1. The number of para-hydroxylation sites is 1. The van der Waals surface area contributed by atoms with Crippen molar-refractivity contribution in [3.63, 3.8) is 0 Å². The number of nitrogens with one attached hydrogen (secondary N) is 1. The Hall–Kier alpha value is -5.51. The van der Waals surface area contributed by atoms with Gasteiger partial charge in [-0.2, -0.15) is 13.2 Å². The van der Waals surface area contributed by atoms with Crippen molar-refractivity contribution in [1.29, 1.82) is 0 Å². The number of aromatic amines is 1. The van der Waals surface area contributed by atoms with Crippen LogP contribution in [0.2, 0.25) is 0 Å². The van der Waals surface area contributed by atoms with E-state index in [1.807, 2.05) is 36.5 Å². The van der Waals surface area contributed by atoms with Gasteiger partial charge in [0.05, 0.1) is 60.0 Å². The molecule has 16 heteroatoms. The van der Waals surface area contributed by atoms with Crippen molar-refractivity contribution in [1.82, 2.24) is 49.3 Å². The lowest BCUT2D eigenvalue weighted by atomic mass is 10.1. The van der Waals surface area contributed by atoms with Gasteiger partial charge in [-0.1, -0.05) is 23.4 Å². The van der Waals surface area contributed by atoms with Crippen LogP contribution in [0.25, 0.3) is 33.2 Å². The summed E-state index contributed by atoms with van der Waals surface area (Å²) < 4.78 is 56.2. The summed E-state index contributed by atoms with van der Waals surface area (Å²) in [6.45, 7) is 1.17. The van der Waals surface area contributed by atoms with Gasteiger partial charge in [0.25, 0.3) is 0 Å². The molecule has 49 heavy (non-hydrogen) atoms. The van der Waals surface area contributed by atoms with E-state index in [-0.39, 0.29) is 17.6 Å². The highest BCUT2D eigenvalue weighted by molar-refractivity contribution is 5.85. The first-order valence-corrected chi connectivity index (χ1v) is 15.6. The molecule has 13 nitrogen and oxygen atoms in total. The first-order chi connectivity index (χ1) is 23.6. The molecule has 1 aliphatic rings. The molecule has 254 valence electrons. The first kappa shape index (κ1) is 32.1. The van der Waals surface area contributed by atoms with E-state index in [9.17, 15) is 18.0 Å². The Morgan fingerprint density at radius 3 is 2.61 bits per heavy atom. The second kappa shape index (κ2) is 12.8. The summed E-state index contributed by atoms with van der Waals surface area (Å²) in [4.78, 5) is 34.5. The SMILES string of the molecule is COc1ccc2nc(C(F)(F)F)n(CC(=O)N3CCN(Cc4cn(C)nn4)CCC3c3ncc(-c4cc5ccccc5nc4OC)[nH]3)c2c1. The van der Waals surface area contributed by atoms with Gasteiger partial charge >= 0.3 is 6.18 Å². The van der Waals surface area contributed by atoms with Gasteiger partial charge < -0.3 is 23.9 Å². The number of halogens is 3. The molecule has 1 N–H and O–H groups in total. The zero-order valence-electron chi connectivity index (χ0n) is 27.0. The lowest BCUT2D eigenvalue weighted by molar-refractivity contribution is -0.148. The van der Waals surface area contributed by atoms with Crippen molar-refractivity contribution < 1.29 is 27.4 Å². The number of benzene rings is 2. The number of imidazole rings is 2. The number of nitrogens with zero attached hydrogens (tertiary/aromatic N) is 9. The fraction of sp³-hybridized carbons (Fsp3) is 0.333. The molecule has 2 aromatic carbocycles. The van der Waals surface area contributed by atoms with Gasteiger partial charge in [-0.3, -0.25) is 14.4 Å². The quantitative estimate of drug-likeness (QED) is 0.246. The van der Waals surface area contributed by atoms with Crippen molar-refractivity contribution >= 4 is 27.8 Å². The number of H-pyrrole nitrogens is 1. The molecular weight excluding hydrogens is 641 g/mol. The molecule has 1 aliphatic heterocycles. The van der Waals surface area contributed by atoms with E-state index in [0.29, 0.717) is 54.8 Å². The zero-order chi connectivity index (χ0) is 34.3. The Balaban J connectivity index is 1.24. The van der Waals surface area contributed by atoms with Crippen molar-refractivity contribution in [2.75, 3.05) is 33.9 Å². The maximum atomic E-state index is 14.3. The van der Waals surface area contributed by atoms with Crippen LogP contribution < -0.4 is 9.47 Å². The highest BCUT2D eigenvalue weighted by Crippen LogP contribution is 2.35. The van der Waals surface area contributed by atoms with Gasteiger partial charge in [0, 0.05) is 50.9 Å². The Morgan fingerprint density at radius 2 is 1.86 bits per heavy atom. The molecule has 0 saturated carbocycles. The molecule has 7 rings (SSSR count). The van der Waals surface area contributed by atoms with Crippen LogP contribution in [0, 0.1) is 0 Å². The third kappa shape index (κ3) is 6.38. The molecule has 0 aliphatic carbocycles. The number of carbonyl (C=O) groups excluding carboxylic acids is 1. The highest BCUT2D eigenvalue weighted by Gasteiger charge is 2.39. The number of fused-ring (bicyclic) bond motifs is 2. The maximum absolute atomic E-state index is 14.3. The third-order valence-corrected chi connectivity index (χ3v) is 8.69. The predicted molar refractivity (Wildman–Crippen MR) is 173 cm³/mol. The van der Waals surface area contributed by atoms with Gasteiger partial charge in [0.15, 0.2) is 0 Å². The number of amides is 1. The summed E-state index contributed by atoms with van der Waals surface area (Å²) >= 11 is 0. The Labute approximate surface area is 278 Å². The molecule has 1 saturated heterocycles. The Morgan fingerprint density at radius 1 is 1.02 bits per heavy atom. The largest absolute Gasteiger partial charge is 0.497 e. The van der Waals surface area contributed by atoms with Crippen molar-refractivity contribution in [2.24, 2.45) is 7.05 Å². The second-order valence-electron chi connectivity index (χ2n) is 11.8. The normalized spacial score (nSPS) is 16.0. The zero-order valence-corrected chi connectivity index (χ0v) is 27.0. The Bertz CT molecular complexity index is 2140. The van der Waals surface area contributed by atoms with Crippen LogP contribution in [-0.2, 0) is 31.1 Å². The molecule has 1 amide bonds. The minimum absolute atomic E-state index is 0.108. The van der Waals surface area contributed by atoms with Crippen molar-refractivity contribution in [3.8, 4) is 22.9 Å². The van der Waals surface area contributed by atoms with Crippen LogP contribution in [0.15, 0.2) is 60.9 Å². The number of hydrogen-bond donors (Lipinski definition) is 1. The molecule has 0 spiro atoms. The molecule has 0 bridgehead atoms. The maximum Gasteiger partial charge on any atom is 0.449 e. The van der Waals surface area contributed by atoms with Crippen LogP contribution in [0.3, 0.4) is 0 Å². The molecule has 4 aromatic heterocycles. The van der Waals surface area contributed by atoms with Gasteiger partial charge in [0.1, 0.15) is 18.1 Å². The van der Waals surface area contributed by atoms with E-state index in [0.717, 1.165) is 21.2 Å². The number of alkyl halides is 3. The summed E-state index contributed by atoms with van der Waals surface area (Å²) in [6.07, 6.45) is -0.851. The van der Waals surface area contributed by atoms with E-state index in [2.05, 4.69) is 30.2 Å². The fourth-order valence-electron chi connectivity index (χ4n) is 6.34. The number of ether oxygens (including phenoxy) is 2. The minimum Gasteiger partial charge on any atom is -0.497 e. The van der Waals surface area contributed by atoms with Crippen molar-refractivity contribution in [3.05, 3.63) is 78.3 Å². The summed E-state index contributed by atoms with van der Waals surface area (Å²) in [5.74, 6) is -0.422. The summed E-state index contributed by atoms with van der Waals surface area (Å²) in [5.41, 5.74) is 3.11. The van der Waals surface area contributed by atoms with Gasteiger partial charge in [-0.15, -0.1) is 5.10 Å². The summed E-state index contributed by atoms with van der Waals surface area (Å²) in [7, 11) is 4.75. The Kier molecular flexibility index (Phi) is 8.40. The van der Waals surface area contributed by atoms with Gasteiger partial charge in [-0.05, 0) is 30.7 Å². The van der Waals surface area contributed by atoms with E-state index < -0.39 is 30.5 Å². The van der Waals surface area contributed by atoms with Crippen LogP contribution in [0.1, 0.15) is 29.8 Å².